The molecule has 2 heterocycles. The fourth-order valence-corrected chi connectivity index (χ4v) is 6.33. The molecule has 0 saturated carbocycles. The summed E-state index contributed by atoms with van der Waals surface area (Å²) in [4.78, 5) is 25.7. The van der Waals surface area contributed by atoms with Gasteiger partial charge in [0.25, 0.3) is 0 Å². The third-order valence-corrected chi connectivity index (χ3v) is 9.91. The Balaban J connectivity index is 0.000000299. The molecule has 0 bridgehead atoms. The molecule has 49 heavy (non-hydrogen) atoms. The smallest absolute Gasteiger partial charge is 0.185 e. The number of pyridine rings is 2. The maximum atomic E-state index is 14.9. The van der Waals surface area contributed by atoms with E-state index in [0.717, 1.165) is 48.6 Å². The standard InChI is InChI=1S/2C18H23FNOS.H3O4P/c2*1-5-13(3)22-17-12-20(6-2)11-16(18(17)19)14-8-7-9-15(10-14)21-4;1-5(2,3)4/h2*7-13H,5-6H2,1-4H3;(H3,1,2,3,4)/q2*+1;/p-2. The van der Waals surface area contributed by atoms with Crippen molar-refractivity contribution in [2.75, 3.05) is 14.2 Å². The molecular weight excluding hydrogens is 690 g/mol. The monoisotopic (exact) mass is 736 g/mol. The molecule has 8 nitrogen and oxygen atoms in total. The lowest BCUT2D eigenvalue weighted by Gasteiger charge is -2.19. The second-order valence-corrected chi connectivity index (χ2v) is 14.9. The van der Waals surface area contributed by atoms with E-state index < -0.39 is 7.82 Å². The summed E-state index contributed by atoms with van der Waals surface area (Å²) in [6.07, 6.45) is 9.56. The molecule has 2 atom stereocenters. The second-order valence-electron chi connectivity index (χ2n) is 11.0. The lowest BCUT2D eigenvalue weighted by Crippen LogP contribution is -2.32. The zero-order valence-electron chi connectivity index (χ0n) is 29.3. The number of phosphoric acid groups is 1. The van der Waals surface area contributed by atoms with Crippen molar-refractivity contribution in [3.63, 3.8) is 0 Å². The van der Waals surface area contributed by atoms with Gasteiger partial charge in [-0.3, -0.25) is 0 Å². The Morgan fingerprint density at radius 2 is 1.08 bits per heavy atom. The van der Waals surface area contributed by atoms with Gasteiger partial charge in [-0.2, -0.15) is 0 Å². The summed E-state index contributed by atoms with van der Waals surface area (Å²) in [6, 6.07) is 15.1. The Bertz CT molecular complexity index is 1570. The molecule has 2 aromatic heterocycles. The van der Waals surface area contributed by atoms with Crippen molar-refractivity contribution in [3.8, 4) is 33.8 Å². The largest absolute Gasteiger partial charge is 0.790 e. The van der Waals surface area contributed by atoms with Crippen LogP contribution in [0.2, 0.25) is 0 Å². The number of hydrogen-bond donors (Lipinski definition) is 1. The van der Waals surface area contributed by atoms with Gasteiger partial charge < -0.3 is 28.7 Å². The Labute approximate surface area is 297 Å². The van der Waals surface area contributed by atoms with E-state index in [2.05, 4.69) is 41.5 Å². The molecule has 268 valence electrons. The van der Waals surface area contributed by atoms with Crippen LogP contribution in [0.4, 0.5) is 8.78 Å². The molecule has 0 aliphatic heterocycles. The van der Waals surface area contributed by atoms with Crippen molar-refractivity contribution < 1.29 is 46.6 Å². The van der Waals surface area contributed by atoms with Crippen LogP contribution in [0, 0.1) is 11.6 Å². The number of hydrogen-bond acceptors (Lipinski definition) is 7. The topological polar surface area (TPSA) is 110 Å². The predicted molar refractivity (Wildman–Crippen MR) is 190 cm³/mol. The average Bonchev–Trinajstić information content (AvgIpc) is 3.09. The van der Waals surface area contributed by atoms with Crippen LogP contribution in [0.3, 0.4) is 0 Å². The zero-order valence-corrected chi connectivity index (χ0v) is 31.8. The summed E-state index contributed by atoms with van der Waals surface area (Å²) in [5, 5.41) is 0.778. The van der Waals surface area contributed by atoms with E-state index in [-0.39, 0.29) is 11.6 Å². The molecule has 0 spiro atoms. The summed E-state index contributed by atoms with van der Waals surface area (Å²) < 4.78 is 53.1. The number of methoxy groups -OCH3 is 2. The first-order valence-corrected chi connectivity index (χ1v) is 19.2. The minimum Gasteiger partial charge on any atom is -0.790 e. The van der Waals surface area contributed by atoms with Crippen LogP contribution in [0.1, 0.15) is 54.4 Å². The summed E-state index contributed by atoms with van der Waals surface area (Å²) >= 11 is 3.18. The molecule has 0 saturated heterocycles. The Kier molecular flexibility index (Phi) is 17.8. The zero-order chi connectivity index (χ0) is 36.7. The third-order valence-electron chi connectivity index (χ3n) is 7.36. The van der Waals surface area contributed by atoms with Crippen LogP contribution in [-0.4, -0.2) is 29.6 Å². The van der Waals surface area contributed by atoms with Gasteiger partial charge in [-0.1, -0.05) is 52.0 Å². The van der Waals surface area contributed by atoms with Crippen molar-refractivity contribution in [2.45, 2.75) is 87.8 Å². The van der Waals surface area contributed by atoms with Gasteiger partial charge in [0.05, 0.1) is 33.2 Å². The normalized spacial score (nSPS) is 12.2. The molecule has 13 heteroatoms. The molecule has 0 amide bonds. The first-order valence-electron chi connectivity index (χ1n) is 16.0. The quantitative estimate of drug-likeness (QED) is 0.0924. The van der Waals surface area contributed by atoms with Crippen LogP contribution in [0.15, 0.2) is 83.1 Å². The van der Waals surface area contributed by atoms with Crippen molar-refractivity contribution in [3.05, 3.63) is 85.0 Å². The van der Waals surface area contributed by atoms with Crippen molar-refractivity contribution in [2.24, 2.45) is 0 Å². The van der Waals surface area contributed by atoms with E-state index in [9.17, 15) is 8.78 Å². The van der Waals surface area contributed by atoms with E-state index in [4.69, 9.17) is 28.7 Å². The maximum Gasteiger partial charge on any atom is 0.185 e. The number of aromatic nitrogens is 2. The Morgan fingerprint density at radius 3 is 1.37 bits per heavy atom. The van der Waals surface area contributed by atoms with Crippen LogP contribution >= 0.6 is 31.3 Å². The second kappa shape index (κ2) is 20.6. The average molecular weight is 737 g/mol. The Morgan fingerprint density at radius 1 is 0.735 bits per heavy atom. The van der Waals surface area contributed by atoms with Gasteiger partial charge >= 0.3 is 0 Å². The van der Waals surface area contributed by atoms with Gasteiger partial charge in [-0.15, -0.1) is 23.5 Å². The number of thioether (sulfide) groups is 2. The van der Waals surface area contributed by atoms with Crippen LogP contribution in [0.25, 0.3) is 22.3 Å². The highest BCUT2D eigenvalue weighted by Gasteiger charge is 2.21. The molecule has 4 aromatic rings. The lowest BCUT2D eigenvalue weighted by molar-refractivity contribution is -0.695. The van der Waals surface area contributed by atoms with Crippen LogP contribution in [-0.2, 0) is 17.7 Å². The molecule has 2 aromatic carbocycles. The lowest BCUT2D eigenvalue weighted by atomic mass is 10.1. The highest BCUT2D eigenvalue weighted by Crippen LogP contribution is 2.34. The van der Waals surface area contributed by atoms with E-state index in [1.807, 2.05) is 82.5 Å². The molecule has 0 aliphatic carbocycles. The molecule has 1 N–H and O–H groups in total. The third kappa shape index (κ3) is 14.0. The first-order chi connectivity index (χ1) is 23.2. The van der Waals surface area contributed by atoms with E-state index in [0.29, 0.717) is 31.4 Å². The number of ether oxygens (including phenoxy) is 2. The molecule has 0 radical (unpaired) electrons. The predicted octanol–water partition coefficient (Wildman–Crippen LogP) is 7.21. The van der Waals surface area contributed by atoms with Gasteiger partial charge in [0.2, 0.25) is 0 Å². The molecule has 2 unspecified atom stereocenters. The number of halogens is 2. The molecule has 0 aliphatic rings. The van der Waals surface area contributed by atoms with Gasteiger partial charge in [0, 0.05) is 10.5 Å². The van der Waals surface area contributed by atoms with E-state index >= 15 is 0 Å². The maximum absolute atomic E-state index is 14.9. The highest BCUT2D eigenvalue weighted by molar-refractivity contribution is 8.00. The molecular formula is C36H47F2N2O6PS2. The number of rotatable bonds is 12. The Hall–Kier alpha value is -2.99. The van der Waals surface area contributed by atoms with Gasteiger partial charge in [-0.05, 0) is 62.1 Å². The highest BCUT2D eigenvalue weighted by atomic mass is 32.2. The van der Waals surface area contributed by atoms with Crippen molar-refractivity contribution in [1.82, 2.24) is 0 Å². The van der Waals surface area contributed by atoms with Crippen molar-refractivity contribution in [1.29, 1.82) is 0 Å². The fourth-order valence-electron chi connectivity index (χ4n) is 4.31. The van der Waals surface area contributed by atoms with E-state index in [1.54, 1.807) is 37.7 Å². The summed E-state index contributed by atoms with van der Waals surface area (Å²) in [6.45, 7) is 14.2. The number of nitrogens with zero attached hydrogens (tertiary/aromatic N) is 2. The number of aryl methyl sites for hydroxylation is 2. The van der Waals surface area contributed by atoms with Gasteiger partial charge in [0.1, 0.15) is 34.4 Å². The number of benzene rings is 2. The minimum absolute atomic E-state index is 0.150. The van der Waals surface area contributed by atoms with Gasteiger partial charge in [-0.25, -0.2) is 17.9 Å². The SMILES string of the molecule is CCC(C)Sc1c[n+](CC)cc(-c2cccc(OC)c2)c1F.CCC(C)Sc1c[n+](CC)cc(-c2cccc(OC)c2)c1F.O=P([O-])([O-])O. The first kappa shape index (κ1) is 42.2. The summed E-state index contributed by atoms with van der Waals surface area (Å²) in [7, 11) is -1.90. The van der Waals surface area contributed by atoms with Gasteiger partial charge in [0.15, 0.2) is 36.4 Å². The van der Waals surface area contributed by atoms with Crippen LogP contribution < -0.4 is 28.4 Å². The van der Waals surface area contributed by atoms with E-state index in [1.165, 1.54) is 0 Å². The summed E-state index contributed by atoms with van der Waals surface area (Å²) in [5.41, 5.74) is 2.92. The molecule has 4 rings (SSSR count). The fraction of sp³-hybridized carbons (Fsp3) is 0.389. The summed E-state index contributed by atoms with van der Waals surface area (Å²) in [5.74, 6) is 1.17. The molecule has 0 fully saturated rings. The van der Waals surface area contributed by atoms with Crippen molar-refractivity contribution >= 4 is 31.3 Å². The van der Waals surface area contributed by atoms with Crippen LogP contribution in [0.5, 0.6) is 11.5 Å². The minimum atomic E-state index is -5.14.